The molecule has 0 aromatic carbocycles. The zero-order valence-electron chi connectivity index (χ0n) is 20.1. The van der Waals surface area contributed by atoms with E-state index in [2.05, 4.69) is 30.6 Å². The topological polar surface area (TPSA) is 127 Å². The van der Waals surface area contributed by atoms with Gasteiger partial charge in [0.15, 0.2) is 11.6 Å². The van der Waals surface area contributed by atoms with Gasteiger partial charge in [-0.2, -0.15) is 15.1 Å². The summed E-state index contributed by atoms with van der Waals surface area (Å²) in [4.78, 5) is 16.2. The highest BCUT2D eigenvalue weighted by Crippen LogP contribution is 2.37. The molecule has 0 radical (unpaired) electrons. The predicted octanol–water partition coefficient (Wildman–Crippen LogP) is 4.20. The number of aromatic nitrogens is 6. The molecule has 4 aromatic rings. The fourth-order valence-corrected chi connectivity index (χ4v) is 4.63. The second-order valence-corrected chi connectivity index (χ2v) is 9.06. The van der Waals surface area contributed by atoms with Crippen LogP contribution in [0.15, 0.2) is 47.1 Å². The van der Waals surface area contributed by atoms with Gasteiger partial charge in [0.2, 0.25) is 11.8 Å². The summed E-state index contributed by atoms with van der Waals surface area (Å²) in [5, 5.41) is 14.8. The molecular weight excluding hydrogens is 460 g/mol. The fourth-order valence-electron chi connectivity index (χ4n) is 4.63. The smallest absolute Gasteiger partial charge is 0.231 e. The minimum Gasteiger partial charge on any atom is -0.474 e. The molecule has 1 atom stereocenters. The first-order valence-corrected chi connectivity index (χ1v) is 12.3. The Morgan fingerprint density at radius 3 is 2.78 bits per heavy atom. The average molecular weight is 489 g/mol. The molecular formula is C25H28N8O3. The first-order chi connectivity index (χ1) is 17.7. The standard InChI is InChI=1S/C25H28N8O3/c1-16-13-23(31-30-16)27-22-15-24(35-17-7-11-34-12-8-17)29-25(28-22)33-10-4-6-20(33)21-14-19(32-36-21)18-5-2-3-9-26-18/h2-3,5,9,13-15,17,20H,4,6-8,10-12H2,1H3,(H2,27,28,29,30,31)/t20-/m0/s1. The number of ether oxygens (including phenoxy) is 2. The largest absolute Gasteiger partial charge is 0.474 e. The molecule has 6 rings (SSSR count). The van der Waals surface area contributed by atoms with Crippen molar-refractivity contribution in [1.82, 2.24) is 30.3 Å². The molecule has 2 fully saturated rings. The summed E-state index contributed by atoms with van der Waals surface area (Å²) in [6.07, 6.45) is 5.38. The molecule has 0 aliphatic carbocycles. The number of anilines is 3. The van der Waals surface area contributed by atoms with E-state index in [1.807, 2.05) is 43.3 Å². The van der Waals surface area contributed by atoms with Crippen LogP contribution in [0.4, 0.5) is 17.6 Å². The van der Waals surface area contributed by atoms with Gasteiger partial charge in [-0.1, -0.05) is 11.2 Å². The maximum atomic E-state index is 6.27. The van der Waals surface area contributed by atoms with Crippen LogP contribution in [0.2, 0.25) is 0 Å². The van der Waals surface area contributed by atoms with E-state index in [4.69, 9.17) is 24.0 Å². The highest BCUT2D eigenvalue weighted by molar-refractivity contribution is 5.57. The van der Waals surface area contributed by atoms with Crippen LogP contribution in [0.5, 0.6) is 5.88 Å². The summed E-state index contributed by atoms with van der Waals surface area (Å²) in [6.45, 7) is 4.14. The van der Waals surface area contributed by atoms with Crippen molar-refractivity contribution in [2.75, 3.05) is 30.0 Å². The Morgan fingerprint density at radius 1 is 1.06 bits per heavy atom. The lowest BCUT2D eigenvalue weighted by Crippen LogP contribution is -2.28. The van der Waals surface area contributed by atoms with E-state index < -0.39 is 0 Å². The summed E-state index contributed by atoms with van der Waals surface area (Å²) < 4.78 is 17.5. The lowest BCUT2D eigenvalue weighted by Gasteiger charge is -2.26. The number of hydrogen-bond donors (Lipinski definition) is 2. The molecule has 0 spiro atoms. The molecule has 2 aliphatic rings. The number of aromatic amines is 1. The van der Waals surface area contributed by atoms with E-state index in [9.17, 15) is 0 Å². The Kier molecular flexibility index (Phi) is 6.20. The van der Waals surface area contributed by atoms with Crippen LogP contribution in [-0.2, 0) is 4.74 Å². The Balaban J connectivity index is 1.30. The molecule has 2 aliphatic heterocycles. The second kappa shape index (κ2) is 9.94. The van der Waals surface area contributed by atoms with Crippen molar-refractivity contribution in [3.8, 4) is 17.3 Å². The van der Waals surface area contributed by atoms with Gasteiger partial charge in [0.1, 0.15) is 17.6 Å². The van der Waals surface area contributed by atoms with Crippen LogP contribution in [-0.4, -0.2) is 56.2 Å². The number of H-pyrrole nitrogens is 1. The molecule has 186 valence electrons. The van der Waals surface area contributed by atoms with E-state index in [1.54, 1.807) is 6.20 Å². The Morgan fingerprint density at radius 2 is 1.97 bits per heavy atom. The van der Waals surface area contributed by atoms with Crippen molar-refractivity contribution in [2.45, 2.75) is 44.8 Å². The highest BCUT2D eigenvalue weighted by atomic mass is 16.5. The van der Waals surface area contributed by atoms with E-state index >= 15 is 0 Å². The molecule has 0 amide bonds. The zero-order valence-corrected chi connectivity index (χ0v) is 20.1. The van der Waals surface area contributed by atoms with Crippen LogP contribution in [0.1, 0.15) is 43.2 Å². The number of aryl methyl sites for hydroxylation is 1. The van der Waals surface area contributed by atoms with Gasteiger partial charge in [-0.15, -0.1) is 0 Å². The Labute approximate surface area is 208 Å². The molecule has 36 heavy (non-hydrogen) atoms. The summed E-state index contributed by atoms with van der Waals surface area (Å²) in [5.41, 5.74) is 2.45. The minimum atomic E-state index is -0.0335. The minimum absolute atomic E-state index is 0.0335. The van der Waals surface area contributed by atoms with Crippen LogP contribution < -0.4 is 15.0 Å². The van der Waals surface area contributed by atoms with Gasteiger partial charge in [-0.3, -0.25) is 10.1 Å². The molecule has 4 aromatic heterocycles. The van der Waals surface area contributed by atoms with Gasteiger partial charge in [-0.25, -0.2) is 0 Å². The van der Waals surface area contributed by atoms with E-state index in [0.717, 1.165) is 49.4 Å². The van der Waals surface area contributed by atoms with Crippen LogP contribution in [0.25, 0.3) is 11.4 Å². The SMILES string of the molecule is Cc1cc(Nc2cc(OC3CCOCC3)nc(N3CCC[C@H]3c3cc(-c4ccccn4)no3)n2)n[nH]1. The van der Waals surface area contributed by atoms with Gasteiger partial charge in [0, 0.05) is 49.5 Å². The normalized spacial score (nSPS) is 18.5. The van der Waals surface area contributed by atoms with Crippen LogP contribution >= 0.6 is 0 Å². The van der Waals surface area contributed by atoms with Crippen molar-refractivity contribution in [3.63, 3.8) is 0 Å². The first-order valence-electron chi connectivity index (χ1n) is 12.3. The van der Waals surface area contributed by atoms with Crippen molar-refractivity contribution in [1.29, 1.82) is 0 Å². The first kappa shape index (κ1) is 22.5. The van der Waals surface area contributed by atoms with Gasteiger partial charge >= 0.3 is 0 Å². The molecule has 11 nitrogen and oxygen atoms in total. The summed E-state index contributed by atoms with van der Waals surface area (Å²) in [6, 6.07) is 11.4. The van der Waals surface area contributed by atoms with Crippen LogP contribution in [0, 0.1) is 6.92 Å². The number of nitrogens with one attached hydrogen (secondary N) is 2. The van der Waals surface area contributed by atoms with Crippen molar-refractivity contribution >= 4 is 17.6 Å². The quantitative estimate of drug-likeness (QED) is 0.391. The molecule has 2 saturated heterocycles. The van der Waals surface area contributed by atoms with E-state index in [1.165, 1.54) is 0 Å². The Hall–Kier alpha value is -3.99. The molecule has 0 saturated carbocycles. The van der Waals surface area contributed by atoms with E-state index in [-0.39, 0.29) is 12.1 Å². The number of rotatable bonds is 7. The number of pyridine rings is 1. The molecule has 2 N–H and O–H groups in total. The molecule has 0 bridgehead atoms. The fraction of sp³-hybridized carbons (Fsp3) is 0.400. The third-order valence-corrected chi connectivity index (χ3v) is 6.40. The van der Waals surface area contributed by atoms with Gasteiger partial charge in [0.25, 0.3) is 0 Å². The summed E-state index contributed by atoms with van der Waals surface area (Å²) in [5.74, 6) is 3.17. The van der Waals surface area contributed by atoms with Gasteiger partial charge in [-0.05, 0) is 31.9 Å². The third-order valence-electron chi connectivity index (χ3n) is 6.40. The summed E-state index contributed by atoms with van der Waals surface area (Å²) in [7, 11) is 0. The maximum Gasteiger partial charge on any atom is 0.231 e. The van der Waals surface area contributed by atoms with Crippen LogP contribution in [0.3, 0.4) is 0 Å². The van der Waals surface area contributed by atoms with Crippen molar-refractivity contribution < 1.29 is 14.0 Å². The second-order valence-electron chi connectivity index (χ2n) is 9.06. The molecule has 6 heterocycles. The lowest BCUT2D eigenvalue weighted by atomic mass is 10.1. The molecule has 0 unspecified atom stereocenters. The number of hydrogen-bond acceptors (Lipinski definition) is 10. The summed E-state index contributed by atoms with van der Waals surface area (Å²) >= 11 is 0. The van der Waals surface area contributed by atoms with Crippen molar-refractivity contribution in [3.05, 3.63) is 54.0 Å². The monoisotopic (exact) mass is 488 g/mol. The van der Waals surface area contributed by atoms with Crippen molar-refractivity contribution in [2.24, 2.45) is 0 Å². The highest BCUT2D eigenvalue weighted by Gasteiger charge is 2.32. The average Bonchev–Trinajstić information content (AvgIpc) is 3.66. The zero-order chi connectivity index (χ0) is 24.3. The lowest BCUT2D eigenvalue weighted by molar-refractivity contribution is 0.0237. The third kappa shape index (κ3) is 4.87. The van der Waals surface area contributed by atoms with E-state index in [0.29, 0.717) is 42.4 Å². The number of nitrogens with zero attached hydrogens (tertiary/aromatic N) is 6. The van der Waals surface area contributed by atoms with Gasteiger partial charge in [0.05, 0.1) is 24.9 Å². The molecule has 11 heteroatoms. The van der Waals surface area contributed by atoms with Gasteiger partial charge < -0.3 is 24.2 Å². The predicted molar refractivity (Wildman–Crippen MR) is 132 cm³/mol. The maximum absolute atomic E-state index is 6.27. The Bertz CT molecular complexity index is 1300.